The highest BCUT2D eigenvalue weighted by molar-refractivity contribution is 7.17. The van der Waals surface area contributed by atoms with E-state index in [2.05, 4.69) is 67.2 Å². The van der Waals surface area contributed by atoms with Gasteiger partial charge in [0.25, 0.3) is 47.3 Å². The van der Waals surface area contributed by atoms with Crippen molar-refractivity contribution >= 4 is 112 Å². The molecule has 0 spiro atoms. The number of hydrogen-bond acceptors (Lipinski definition) is 24. The van der Waals surface area contributed by atoms with E-state index in [1.54, 1.807) is 81.4 Å². The molecule has 8 rings (SSSR count). The number of carboxylic acid groups (broad SMARTS) is 1. The number of nitrogens with two attached hydrogens (primary N) is 1. The maximum Gasteiger partial charge on any atom is 0.330 e. The van der Waals surface area contributed by atoms with Crippen molar-refractivity contribution in [2.45, 2.75) is 58.5 Å². The number of aromatic hydroxyl groups is 3. The number of amides is 8. The van der Waals surface area contributed by atoms with Crippen LogP contribution in [0, 0.1) is 20.8 Å². The number of aryl methyl sites for hydroxylation is 3. The molecule has 0 aliphatic rings. The summed E-state index contributed by atoms with van der Waals surface area (Å²) in [6, 6.07) is 20.7. The van der Waals surface area contributed by atoms with Crippen LogP contribution in [-0.2, 0) is 43.5 Å². The van der Waals surface area contributed by atoms with Crippen LogP contribution in [0.15, 0.2) is 128 Å². The third-order valence-electron chi connectivity index (χ3n) is 13.1. The van der Waals surface area contributed by atoms with Crippen LogP contribution >= 0.6 is 46.4 Å². The molecule has 3 atom stereocenters. The Balaban J connectivity index is 0.000000264. The predicted octanol–water partition coefficient (Wildman–Crippen LogP) is 3.62. The van der Waals surface area contributed by atoms with E-state index in [4.69, 9.17) is 10.5 Å². The molecule has 0 aliphatic heterocycles. The number of thiophene rings is 3. The van der Waals surface area contributed by atoms with Gasteiger partial charge < -0.3 is 78.2 Å². The summed E-state index contributed by atoms with van der Waals surface area (Å²) in [6.45, 7) is 4.90. The lowest BCUT2D eigenvalue weighted by Gasteiger charge is -2.17. The van der Waals surface area contributed by atoms with E-state index in [-0.39, 0.29) is 107 Å². The van der Waals surface area contributed by atoms with Gasteiger partial charge in [-0.15, -0.1) is 46.4 Å². The number of esters is 2. The standard InChI is InChI=1S/C23H23N5O6S.C22H21N5O6S.C18H21N3O5S.ClH/c1-13-8-18(21(31)26-10-14-4-3-5-15(29)9-14)35-19(13)22(32)28-17(23(33)34-2)12-27-20(30)16-11-24-6-7-25-16;1-12-7-17(20(30)25-9-13-3-2-4-14(28)8-13)34-18(12)21(31)27-16(22(32)33)11-26-19(29)15-10-23-5-6-24-15;1-10-6-14(16(23)20-9-11-4-3-5-12(22)7-11)27-15(10)17(24)21-13(8-19)18(25)26-2;/h3-9,11,17,29H,10,12H2,1-2H3,(H,26,31)(H,27,30)(H,28,32);2-8,10,16,28H,9,11H2,1H3,(H,25,30)(H,26,29)(H,27,31)(H,32,33);3-7,13,22H,8-9,19H2,1-2H3,(H,20,23)(H,21,24);1H/t17-;16-;13-;/m000./s1. The normalized spacial score (nSPS) is 11.2. The van der Waals surface area contributed by atoms with Gasteiger partial charge in [0.15, 0.2) is 0 Å². The van der Waals surface area contributed by atoms with Gasteiger partial charge in [0.05, 0.1) is 55.9 Å². The number of phenolic OH excluding ortho intramolecular Hbond substituents is 3. The van der Waals surface area contributed by atoms with E-state index in [1.807, 2.05) is 0 Å². The second-order valence-corrected chi connectivity index (χ2v) is 23.4. The van der Waals surface area contributed by atoms with Gasteiger partial charge in [-0.2, -0.15) is 0 Å². The largest absolute Gasteiger partial charge is 0.508 e. The minimum atomic E-state index is -1.40. The summed E-state index contributed by atoms with van der Waals surface area (Å²) in [4.78, 5) is 152. The van der Waals surface area contributed by atoms with Crippen LogP contribution in [0.4, 0.5) is 0 Å². The molecule has 5 aromatic heterocycles. The van der Waals surface area contributed by atoms with Crippen LogP contribution in [-0.4, -0.2) is 158 Å². The minimum Gasteiger partial charge on any atom is -0.508 e. The Morgan fingerprint density at radius 2 is 0.784 bits per heavy atom. The number of rotatable bonds is 25. The van der Waals surface area contributed by atoms with Crippen molar-refractivity contribution in [3.63, 3.8) is 0 Å². The van der Waals surface area contributed by atoms with Gasteiger partial charge in [0, 0.05) is 64.1 Å². The van der Waals surface area contributed by atoms with E-state index < -0.39 is 71.5 Å². The molecule has 0 saturated carbocycles. The highest BCUT2D eigenvalue weighted by atomic mass is 35.5. The van der Waals surface area contributed by atoms with Gasteiger partial charge in [-0.3, -0.25) is 48.3 Å². The molecule has 0 unspecified atom stereocenters. The Morgan fingerprint density at radius 1 is 0.454 bits per heavy atom. The van der Waals surface area contributed by atoms with Crippen LogP contribution in [0.25, 0.3) is 0 Å². The molecule has 97 heavy (non-hydrogen) atoms. The fraction of sp³-hybridized carbons (Fsp3) is 0.222. The van der Waals surface area contributed by atoms with Crippen molar-refractivity contribution in [3.8, 4) is 17.2 Å². The number of benzene rings is 3. The number of hydrogen-bond donors (Lipinski definition) is 13. The molecule has 30 nitrogen and oxygen atoms in total. The molecule has 14 N–H and O–H groups in total. The number of phenols is 3. The number of aromatic nitrogens is 4. The van der Waals surface area contributed by atoms with Gasteiger partial charge in [-0.25, -0.2) is 24.4 Å². The quantitative estimate of drug-likeness (QED) is 0.0363. The Hall–Kier alpha value is -11.3. The summed E-state index contributed by atoms with van der Waals surface area (Å²) in [5, 5.41) is 58.4. The second kappa shape index (κ2) is 37.6. The molecular formula is C63H66ClN13O17S3. The number of carbonyl (C=O) groups is 11. The average Bonchev–Trinajstić information content (AvgIpc) is 1.73. The molecular weight excluding hydrogens is 1340 g/mol. The van der Waals surface area contributed by atoms with Crippen molar-refractivity contribution in [1.29, 1.82) is 0 Å². The zero-order chi connectivity index (χ0) is 70.0. The van der Waals surface area contributed by atoms with Crippen molar-refractivity contribution in [1.82, 2.24) is 62.5 Å². The Morgan fingerprint density at radius 3 is 1.09 bits per heavy atom. The van der Waals surface area contributed by atoms with Gasteiger partial charge in [-0.1, -0.05) is 36.4 Å². The number of nitrogens with zero attached hydrogens (tertiary/aromatic N) is 4. The van der Waals surface area contributed by atoms with Crippen molar-refractivity contribution in [2.24, 2.45) is 5.73 Å². The number of methoxy groups -OCH3 is 2. The maximum atomic E-state index is 12.9. The number of carbonyl (C=O) groups excluding carboxylic acids is 10. The first-order valence-corrected chi connectivity index (χ1v) is 30.9. The second-order valence-electron chi connectivity index (χ2n) is 20.2. The highest BCUT2D eigenvalue weighted by Gasteiger charge is 2.29. The monoisotopic (exact) mass is 1410 g/mol. The molecule has 3 aromatic carbocycles. The summed E-state index contributed by atoms with van der Waals surface area (Å²) < 4.78 is 9.32. The Labute approximate surface area is 571 Å². The smallest absolute Gasteiger partial charge is 0.330 e. The minimum absolute atomic E-state index is 0. The SMILES string of the molecule is COC(=O)[C@H](CN)NC(=O)c1sc(C(=O)NCc2cccc(O)c2)cc1C.COC(=O)[C@H](CNC(=O)c1cnccn1)NC(=O)c1sc(C(=O)NCc2cccc(O)c2)cc1C.Cc1cc(C(=O)NCc2cccc(O)c2)sc1C(=O)N[C@@H](CNC(=O)c1cnccn1)C(=O)O.Cl. The molecule has 0 bridgehead atoms. The molecule has 0 aliphatic carbocycles. The maximum absolute atomic E-state index is 12.9. The van der Waals surface area contributed by atoms with Crippen molar-refractivity contribution < 1.29 is 82.6 Å². The molecule has 8 amide bonds. The third kappa shape index (κ3) is 23.3. The molecule has 0 saturated heterocycles. The average molecular weight is 1410 g/mol. The summed E-state index contributed by atoms with van der Waals surface area (Å²) >= 11 is 2.90. The van der Waals surface area contributed by atoms with E-state index in [1.165, 1.54) is 74.6 Å². The van der Waals surface area contributed by atoms with Gasteiger partial charge in [0.1, 0.15) is 46.8 Å². The van der Waals surface area contributed by atoms with Crippen molar-refractivity contribution in [2.75, 3.05) is 33.9 Å². The lowest BCUT2D eigenvalue weighted by atomic mass is 10.2. The van der Waals surface area contributed by atoms with Crippen LogP contribution in [0.1, 0.15) is 112 Å². The number of ether oxygens (including phenoxy) is 2. The van der Waals surface area contributed by atoms with Gasteiger partial charge >= 0.3 is 17.9 Å². The molecule has 34 heteroatoms. The summed E-state index contributed by atoms with van der Waals surface area (Å²) in [5.41, 5.74) is 9.36. The van der Waals surface area contributed by atoms with E-state index in [0.717, 1.165) is 46.7 Å². The lowest BCUT2D eigenvalue weighted by molar-refractivity contribution is -0.143. The summed E-state index contributed by atoms with van der Waals surface area (Å²) in [7, 11) is 2.37. The topological polar surface area (TPSA) is 461 Å². The van der Waals surface area contributed by atoms with E-state index in [9.17, 15) is 73.2 Å². The number of aliphatic carboxylic acids is 1. The third-order valence-corrected chi connectivity index (χ3v) is 16.8. The Kier molecular flexibility index (Phi) is 29.6. The number of nitrogens with one attached hydrogen (secondary N) is 8. The molecule has 5 heterocycles. The van der Waals surface area contributed by atoms with Crippen LogP contribution in [0.2, 0.25) is 0 Å². The molecule has 8 aromatic rings. The first kappa shape index (κ1) is 76.5. The van der Waals surface area contributed by atoms with Crippen LogP contribution in [0.5, 0.6) is 17.2 Å². The van der Waals surface area contributed by atoms with Crippen LogP contribution in [0.3, 0.4) is 0 Å². The van der Waals surface area contributed by atoms with E-state index >= 15 is 0 Å². The lowest BCUT2D eigenvalue weighted by Crippen LogP contribution is -2.49. The fourth-order valence-corrected chi connectivity index (χ4v) is 11.2. The van der Waals surface area contributed by atoms with Gasteiger partial charge in [-0.05, 0) is 109 Å². The Bertz CT molecular complexity index is 4120. The first-order chi connectivity index (χ1) is 45.9. The van der Waals surface area contributed by atoms with Gasteiger partial charge in [0.2, 0.25) is 0 Å². The predicted molar refractivity (Wildman–Crippen MR) is 355 cm³/mol. The molecule has 0 radical (unpaired) electrons. The first-order valence-electron chi connectivity index (χ1n) is 28.5. The number of halogens is 1. The highest BCUT2D eigenvalue weighted by Crippen LogP contribution is 2.25. The van der Waals surface area contributed by atoms with E-state index in [0.29, 0.717) is 42.4 Å². The molecule has 510 valence electrons. The summed E-state index contributed by atoms with van der Waals surface area (Å²) in [5.74, 6) is -6.56. The zero-order valence-corrected chi connectivity index (χ0v) is 55.5. The molecule has 0 fully saturated rings. The van der Waals surface area contributed by atoms with Crippen molar-refractivity contribution in [3.05, 3.63) is 202 Å². The van der Waals surface area contributed by atoms with Crippen LogP contribution < -0.4 is 48.3 Å². The fourth-order valence-electron chi connectivity index (χ4n) is 8.23. The summed E-state index contributed by atoms with van der Waals surface area (Å²) in [6.07, 6.45) is 7.98. The zero-order valence-electron chi connectivity index (χ0n) is 52.2. The number of carboxylic acids is 1.